The van der Waals surface area contributed by atoms with Crippen LogP contribution in [0.25, 0.3) is 0 Å². The monoisotopic (exact) mass is 352 g/mol. The van der Waals surface area contributed by atoms with Crippen molar-refractivity contribution in [1.29, 1.82) is 0 Å². The van der Waals surface area contributed by atoms with Gasteiger partial charge < -0.3 is 9.80 Å². The Bertz CT molecular complexity index is 732. The van der Waals surface area contributed by atoms with Gasteiger partial charge in [-0.25, -0.2) is 9.97 Å². The van der Waals surface area contributed by atoms with Crippen LogP contribution in [0, 0.1) is 5.92 Å². The minimum absolute atomic E-state index is 0.0439. The average molecular weight is 352 g/mol. The number of amides is 1. The van der Waals surface area contributed by atoms with Gasteiger partial charge >= 0.3 is 0 Å². The standard InChI is InChI=1S/C21H28N4O/c1-16(2)25(14-18-9-5-4-6-10-18)21(26)19-12-20(23-15-22-19)24-11-7-8-17(3)13-24/h4-6,9-10,12,15-17H,7-8,11,13-14H2,1-3H3. The summed E-state index contributed by atoms with van der Waals surface area (Å²) in [6.45, 7) is 8.90. The van der Waals surface area contributed by atoms with E-state index in [1.54, 1.807) is 0 Å². The first-order valence-electron chi connectivity index (χ1n) is 9.46. The van der Waals surface area contributed by atoms with Crippen molar-refractivity contribution in [3.8, 4) is 0 Å². The van der Waals surface area contributed by atoms with E-state index in [4.69, 9.17) is 0 Å². The number of anilines is 1. The van der Waals surface area contributed by atoms with Gasteiger partial charge in [-0.15, -0.1) is 0 Å². The van der Waals surface area contributed by atoms with Gasteiger partial charge in [-0.2, -0.15) is 0 Å². The van der Waals surface area contributed by atoms with Crippen LogP contribution in [-0.4, -0.2) is 39.9 Å². The zero-order valence-electron chi connectivity index (χ0n) is 15.9. The van der Waals surface area contributed by atoms with E-state index in [-0.39, 0.29) is 11.9 Å². The van der Waals surface area contributed by atoms with E-state index in [0.29, 0.717) is 18.2 Å². The molecule has 5 nitrogen and oxygen atoms in total. The normalized spacial score (nSPS) is 17.4. The summed E-state index contributed by atoms with van der Waals surface area (Å²) in [5.41, 5.74) is 1.59. The van der Waals surface area contributed by atoms with Gasteiger partial charge in [0.05, 0.1) is 0 Å². The number of benzene rings is 1. The summed E-state index contributed by atoms with van der Waals surface area (Å²) in [5.74, 6) is 1.47. The van der Waals surface area contributed by atoms with Gasteiger partial charge in [0, 0.05) is 31.7 Å². The average Bonchev–Trinajstić information content (AvgIpc) is 2.66. The van der Waals surface area contributed by atoms with Gasteiger partial charge in [0.1, 0.15) is 17.8 Å². The smallest absolute Gasteiger partial charge is 0.273 e. The quantitative estimate of drug-likeness (QED) is 0.822. The van der Waals surface area contributed by atoms with Crippen molar-refractivity contribution in [3.63, 3.8) is 0 Å². The number of nitrogens with zero attached hydrogens (tertiary/aromatic N) is 4. The Kier molecular flexibility index (Phi) is 5.86. The lowest BCUT2D eigenvalue weighted by Gasteiger charge is -2.32. The molecule has 2 heterocycles. The van der Waals surface area contributed by atoms with Crippen LogP contribution in [0.4, 0.5) is 5.82 Å². The first kappa shape index (κ1) is 18.4. The second-order valence-electron chi connectivity index (χ2n) is 7.47. The molecule has 0 radical (unpaired) electrons. The fourth-order valence-electron chi connectivity index (χ4n) is 3.45. The first-order chi connectivity index (χ1) is 12.5. The van der Waals surface area contributed by atoms with Gasteiger partial charge in [0.25, 0.3) is 5.91 Å². The maximum atomic E-state index is 13.1. The number of carbonyl (C=O) groups excluding carboxylic acids is 1. The largest absolute Gasteiger partial charge is 0.356 e. The lowest BCUT2D eigenvalue weighted by atomic mass is 10.0. The number of hydrogen-bond acceptors (Lipinski definition) is 4. The molecule has 1 aliphatic heterocycles. The molecule has 0 saturated carbocycles. The Labute approximate surface area is 156 Å². The molecule has 1 atom stereocenters. The van der Waals surface area contributed by atoms with Gasteiger partial charge in [0.2, 0.25) is 0 Å². The predicted octanol–water partition coefficient (Wildman–Crippen LogP) is 3.76. The van der Waals surface area contributed by atoms with Crippen molar-refractivity contribution in [3.05, 3.63) is 54.0 Å². The zero-order chi connectivity index (χ0) is 18.5. The number of piperidine rings is 1. The van der Waals surface area contributed by atoms with Crippen LogP contribution in [0.15, 0.2) is 42.7 Å². The molecule has 0 spiro atoms. The topological polar surface area (TPSA) is 49.3 Å². The molecular formula is C21H28N4O. The van der Waals surface area contributed by atoms with Crippen LogP contribution in [0.5, 0.6) is 0 Å². The van der Waals surface area contributed by atoms with E-state index in [2.05, 4.69) is 21.8 Å². The lowest BCUT2D eigenvalue weighted by molar-refractivity contribution is 0.0684. The van der Waals surface area contributed by atoms with Gasteiger partial charge in [-0.1, -0.05) is 37.3 Å². The Morgan fingerprint density at radius 1 is 1.27 bits per heavy atom. The van der Waals surface area contributed by atoms with Crippen LogP contribution in [-0.2, 0) is 6.54 Å². The second-order valence-corrected chi connectivity index (χ2v) is 7.47. The fraction of sp³-hybridized carbons (Fsp3) is 0.476. The summed E-state index contributed by atoms with van der Waals surface area (Å²) in [5, 5.41) is 0. The van der Waals surface area contributed by atoms with Crippen molar-refractivity contribution in [1.82, 2.24) is 14.9 Å². The van der Waals surface area contributed by atoms with E-state index >= 15 is 0 Å². The summed E-state index contributed by atoms with van der Waals surface area (Å²) >= 11 is 0. The first-order valence-corrected chi connectivity index (χ1v) is 9.46. The predicted molar refractivity (Wildman–Crippen MR) is 104 cm³/mol. The molecule has 1 aromatic heterocycles. The van der Waals surface area contributed by atoms with Crippen LogP contribution < -0.4 is 4.90 Å². The molecule has 2 aromatic rings. The minimum atomic E-state index is -0.0439. The number of hydrogen-bond donors (Lipinski definition) is 0. The molecule has 1 aromatic carbocycles. The molecule has 0 bridgehead atoms. The van der Waals surface area contributed by atoms with Crippen molar-refractivity contribution in [2.45, 2.75) is 46.2 Å². The third-order valence-corrected chi connectivity index (χ3v) is 4.93. The van der Waals surface area contributed by atoms with Crippen molar-refractivity contribution in [2.24, 2.45) is 5.92 Å². The number of carbonyl (C=O) groups is 1. The van der Waals surface area contributed by atoms with E-state index in [1.807, 2.05) is 55.1 Å². The Morgan fingerprint density at radius 2 is 2.04 bits per heavy atom. The van der Waals surface area contributed by atoms with Crippen molar-refractivity contribution in [2.75, 3.05) is 18.0 Å². The van der Waals surface area contributed by atoms with E-state index < -0.39 is 0 Å². The van der Waals surface area contributed by atoms with Crippen LogP contribution in [0.3, 0.4) is 0 Å². The van der Waals surface area contributed by atoms with Gasteiger partial charge in [-0.3, -0.25) is 4.79 Å². The van der Waals surface area contributed by atoms with Crippen LogP contribution in [0.2, 0.25) is 0 Å². The van der Waals surface area contributed by atoms with Crippen LogP contribution >= 0.6 is 0 Å². The maximum absolute atomic E-state index is 13.1. The van der Waals surface area contributed by atoms with Crippen molar-refractivity contribution >= 4 is 11.7 Å². The second kappa shape index (κ2) is 8.30. The van der Waals surface area contributed by atoms with Crippen LogP contribution in [0.1, 0.15) is 49.7 Å². The molecule has 0 N–H and O–H groups in total. The Balaban J connectivity index is 1.79. The van der Waals surface area contributed by atoms with Crippen molar-refractivity contribution < 1.29 is 4.79 Å². The molecule has 26 heavy (non-hydrogen) atoms. The molecule has 1 aliphatic rings. The lowest BCUT2D eigenvalue weighted by Crippen LogP contribution is -2.38. The summed E-state index contributed by atoms with van der Waals surface area (Å²) in [4.78, 5) is 25.9. The maximum Gasteiger partial charge on any atom is 0.273 e. The summed E-state index contributed by atoms with van der Waals surface area (Å²) in [7, 11) is 0. The van der Waals surface area contributed by atoms with Gasteiger partial charge in [-0.05, 0) is 38.2 Å². The Hall–Kier alpha value is -2.43. The Morgan fingerprint density at radius 3 is 2.73 bits per heavy atom. The molecule has 5 heteroatoms. The highest BCUT2D eigenvalue weighted by molar-refractivity contribution is 5.93. The molecule has 1 fully saturated rings. The SMILES string of the molecule is CC1CCCN(c2cc(C(=O)N(Cc3ccccc3)C(C)C)ncn2)C1. The summed E-state index contributed by atoms with van der Waals surface area (Å²) < 4.78 is 0. The molecule has 138 valence electrons. The molecule has 1 saturated heterocycles. The molecular weight excluding hydrogens is 324 g/mol. The van der Waals surface area contributed by atoms with E-state index in [1.165, 1.54) is 19.2 Å². The number of aromatic nitrogens is 2. The molecule has 3 rings (SSSR count). The summed E-state index contributed by atoms with van der Waals surface area (Å²) in [6, 6.07) is 12.0. The number of rotatable bonds is 5. The zero-order valence-corrected chi connectivity index (χ0v) is 15.9. The molecule has 0 aliphatic carbocycles. The molecule has 1 amide bonds. The summed E-state index contributed by atoms with van der Waals surface area (Å²) in [6.07, 6.45) is 3.94. The minimum Gasteiger partial charge on any atom is -0.356 e. The van der Waals surface area contributed by atoms with Gasteiger partial charge in [0.15, 0.2) is 0 Å². The van der Waals surface area contributed by atoms with E-state index in [0.717, 1.165) is 24.5 Å². The van der Waals surface area contributed by atoms with E-state index in [9.17, 15) is 4.79 Å². The molecule has 1 unspecified atom stereocenters. The highest BCUT2D eigenvalue weighted by atomic mass is 16.2. The third kappa shape index (κ3) is 4.40. The highest BCUT2D eigenvalue weighted by Crippen LogP contribution is 2.22. The fourth-order valence-corrected chi connectivity index (χ4v) is 3.45. The highest BCUT2D eigenvalue weighted by Gasteiger charge is 2.23. The third-order valence-electron chi connectivity index (χ3n) is 4.93.